The fraction of sp³-hybridized carbons (Fsp3) is 0.357. The SMILES string of the molecule is CNC(=O)C[NH2+][C@@H](C)c1nnc(-c2cccc(C)c2)o1. The van der Waals surface area contributed by atoms with Gasteiger partial charge in [-0.2, -0.15) is 0 Å². The highest BCUT2D eigenvalue weighted by Gasteiger charge is 2.18. The lowest BCUT2D eigenvalue weighted by molar-refractivity contribution is -0.685. The molecule has 20 heavy (non-hydrogen) atoms. The molecule has 0 aliphatic heterocycles. The number of benzene rings is 1. The topological polar surface area (TPSA) is 84.6 Å². The number of nitrogens with one attached hydrogen (secondary N) is 1. The molecule has 0 saturated carbocycles. The molecule has 6 heteroatoms. The Morgan fingerprint density at radius 3 is 2.95 bits per heavy atom. The molecule has 0 saturated heterocycles. The first kappa shape index (κ1) is 14.2. The highest BCUT2D eigenvalue weighted by atomic mass is 16.4. The highest BCUT2D eigenvalue weighted by molar-refractivity contribution is 5.76. The Bertz CT molecular complexity index is 594. The third-order valence-corrected chi connectivity index (χ3v) is 3.03. The predicted octanol–water partition coefficient (Wildman–Crippen LogP) is 0.415. The van der Waals surface area contributed by atoms with E-state index in [0.717, 1.165) is 11.1 Å². The first-order valence-corrected chi connectivity index (χ1v) is 6.54. The summed E-state index contributed by atoms with van der Waals surface area (Å²) in [6, 6.07) is 7.84. The summed E-state index contributed by atoms with van der Waals surface area (Å²) in [4.78, 5) is 11.2. The largest absolute Gasteiger partial charge is 0.415 e. The Morgan fingerprint density at radius 2 is 2.25 bits per heavy atom. The quantitative estimate of drug-likeness (QED) is 0.828. The average Bonchev–Trinajstić information content (AvgIpc) is 2.94. The van der Waals surface area contributed by atoms with Crippen molar-refractivity contribution in [2.45, 2.75) is 19.9 Å². The van der Waals surface area contributed by atoms with Gasteiger partial charge in [0.25, 0.3) is 11.8 Å². The molecule has 6 nitrogen and oxygen atoms in total. The minimum atomic E-state index is -0.0571. The number of hydrogen-bond donors (Lipinski definition) is 2. The summed E-state index contributed by atoms with van der Waals surface area (Å²) < 4.78 is 5.67. The third kappa shape index (κ3) is 3.42. The van der Waals surface area contributed by atoms with E-state index in [1.165, 1.54) is 0 Å². The van der Waals surface area contributed by atoms with E-state index in [0.29, 0.717) is 18.3 Å². The number of nitrogens with two attached hydrogens (primary N) is 1. The lowest BCUT2D eigenvalue weighted by Crippen LogP contribution is -2.87. The Kier molecular flexibility index (Phi) is 4.47. The summed E-state index contributed by atoms with van der Waals surface area (Å²) in [5, 5.41) is 12.5. The zero-order valence-electron chi connectivity index (χ0n) is 11.9. The molecule has 1 amide bonds. The minimum absolute atomic E-state index is 0.0322. The lowest BCUT2D eigenvalue weighted by Gasteiger charge is -2.05. The molecular formula is C14H19N4O2+. The number of likely N-dealkylation sites (N-methyl/N-ethyl adjacent to an activating group) is 1. The second-order valence-electron chi connectivity index (χ2n) is 4.72. The van der Waals surface area contributed by atoms with E-state index in [1.807, 2.05) is 43.4 Å². The Hall–Kier alpha value is -2.21. The molecular weight excluding hydrogens is 256 g/mol. The van der Waals surface area contributed by atoms with Crippen molar-refractivity contribution < 1.29 is 14.5 Å². The Morgan fingerprint density at radius 1 is 1.45 bits per heavy atom. The number of carbonyl (C=O) groups is 1. The monoisotopic (exact) mass is 275 g/mol. The molecule has 3 N–H and O–H groups in total. The maximum atomic E-state index is 11.2. The van der Waals surface area contributed by atoms with E-state index in [2.05, 4.69) is 15.5 Å². The van der Waals surface area contributed by atoms with E-state index in [4.69, 9.17) is 4.42 Å². The van der Waals surface area contributed by atoms with E-state index in [9.17, 15) is 4.79 Å². The van der Waals surface area contributed by atoms with Crippen molar-refractivity contribution in [2.75, 3.05) is 13.6 Å². The van der Waals surface area contributed by atoms with Gasteiger partial charge < -0.3 is 15.1 Å². The molecule has 1 aromatic carbocycles. The first-order chi connectivity index (χ1) is 9.60. The zero-order chi connectivity index (χ0) is 14.5. The fourth-order valence-corrected chi connectivity index (χ4v) is 1.80. The van der Waals surface area contributed by atoms with Crippen LogP contribution >= 0.6 is 0 Å². The molecule has 0 bridgehead atoms. The van der Waals surface area contributed by atoms with Crippen LogP contribution in [0.25, 0.3) is 11.5 Å². The Balaban J connectivity index is 2.07. The Labute approximate surface area is 117 Å². The normalized spacial score (nSPS) is 12.2. The maximum Gasteiger partial charge on any atom is 0.274 e. The number of aryl methyl sites for hydroxylation is 1. The number of aromatic nitrogens is 2. The van der Waals surface area contributed by atoms with Crippen LogP contribution in [0, 0.1) is 6.92 Å². The number of nitrogens with zero attached hydrogens (tertiary/aromatic N) is 2. The van der Waals surface area contributed by atoms with Gasteiger partial charge in [-0.25, -0.2) is 0 Å². The van der Waals surface area contributed by atoms with Crippen molar-refractivity contribution in [3.8, 4) is 11.5 Å². The van der Waals surface area contributed by atoms with E-state index >= 15 is 0 Å². The van der Waals surface area contributed by atoms with Gasteiger partial charge in [-0.3, -0.25) is 4.79 Å². The van der Waals surface area contributed by atoms with Crippen LogP contribution in [0.4, 0.5) is 0 Å². The van der Waals surface area contributed by atoms with Gasteiger partial charge in [-0.15, -0.1) is 10.2 Å². The van der Waals surface area contributed by atoms with E-state index in [-0.39, 0.29) is 11.9 Å². The van der Waals surface area contributed by atoms with Gasteiger partial charge in [0, 0.05) is 12.6 Å². The summed E-state index contributed by atoms with van der Waals surface area (Å²) in [5.41, 5.74) is 2.05. The van der Waals surface area contributed by atoms with Crippen LogP contribution in [0.5, 0.6) is 0 Å². The van der Waals surface area contributed by atoms with Crippen molar-refractivity contribution in [3.05, 3.63) is 35.7 Å². The van der Waals surface area contributed by atoms with Crippen LogP contribution in [0.15, 0.2) is 28.7 Å². The molecule has 0 fully saturated rings. The second kappa shape index (κ2) is 6.29. The van der Waals surface area contributed by atoms with Crippen LogP contribution in [0.3, 0.4) is 0 Å². The van der Waals surface area contributed by atoms with Crippen LogP contribution in [0.1, 0.15) is 24.4 Å². The molecule has 0 aliphatic carbocycles. The van der Waals surface area contributed by atoms with Crippen molar-refractivity contribution >= 4 is 5.91 Å². The standard InChI is InChI=1S/C14H18N4O2/c1-9-5-4-6-11(7-9)14-18-17-13(20-14)10(2)16-8-12(19)15-3/h4-7,10,16H,8H2,1-3H3,(H,15,19)/p+1/t10-/m0/s1. The lowest BCUT2D eigenvalue weighted by atomic mass is 10.1. The number of amides is 1. The van der Waals surface area contributed by atoms with Crippen LogP contribution in [-0.4, -0.2) is 29.7 Å². The van der Waals surface area contributed by atoms with Crippen LogP contribution in [-0.2, 0) is 4.79 Å². The molecule has 0 spiro atoms. The first-order valence-electron chi connectivity index (χ1n) is 6.54. The minimum Gasteiger partial charge on any atom is -0.415 e. The predicted molar refractivity (Wildman–Crippen MR) is 73.7 cm³/mol. The van der Waals surface area contributed by atoms with E-state index < -0.39 is 0 Å². The molecule has 106 valence electrons. The average molecular weight is 275 g/mol. The molecule has 2 aromatic rings. The third-order valence-electron chi connectivity index (χ3n) is 3.03. The van der Waals surface area contributed by atoms with E-state index in [1.54, 1.807) is 7.05 Å². The van der Waals surface area contributed by atoms with Crippen molar-refractivity contribution in [2.24, 2.45) is 0 Å². The van der Waals surface area contributed by atoms with Crippen LogP contribution < -0.4 is 10.6 Å². The number of quaternary nitrogens is 1. The summed E-state index contributed by atoms with van der Waals surface area (Å²) in [6.07, 6.45) is 0. The second-order valence-corrected chi connectivity index (χ2v) is 4.72. The highest BCUT2D eigenvalue weighted by Crippen LogP contribution is 2.20. The van der Waals surface area contributed by atoms with Crippen molar-refractivity contribution in [3.63, 3.8) is 0 Å². The van der Waals surface area contributed by atoms with Gasteiger partial charge in [0.2, 0.25) is 5.89 Å². The molecule has 0 aliphatic rings. The molecule has 0 unspecified atom stereocenters. The molecule has 1 atom stereocenters. The van der Waals surface area contributed by atoms with Gasteiger partial charge >= 0.3 is 0 Å². The summed E-state index contributed by atoms with van der Waals surface area (Å²) in [7, 11) is 1.61. The molecule has 1 aromatic heterocycles. The van der Waals surface area contributed by atoms with Gasteiger partial charge in [0.1, 0.15) is 0 Å². The van der Waals surface area contributed by atoms with Gasteiger partial charge in [-0.05, 0) is 26.0 Å². The number of hydrogen-bond acceptors (Lipinski definition) is 4. The van der Waals surface area contributed by atoms with Crippen LogP contribution in [0.2, 0.25) is 0 Å². The number of carbonyl (C=O) groups excluding carboxylic acids is 1. The van der Waals surface area contributed by atoms with Gasteiger partial charge in [0.15, 0.2) is 12.6 Å². The van der Waals surface area contributed by atoms with Crippen molar-refractivity contribution in [1.29, 1.82) is 0 Å². The fourth-order valence-electron chi connectivity index (χ4n) is 1.80. The van der Waals surface area contributed by atoms with Gasteiger partial charge in [0.05, 0.1) is 0 Å². The summed E-state index contributed by atoms with van der Waals surface area (Å²) in [5.74, 6) is 0.990. The molecule has 0 radical (unpaired) electrons. The summed E-state index contributed by atoms with van der Waals surface area (Å²) >= 11 is 0. The van der Waals surface area contributed by atoms with Gasteiger partial charge in [-0.1, -0.05) is 17.7 Å². The maximum absolute atomic E-state index is 11.2. The smallest absolute Gasteiger partial charge is 0.274 e. The van der Waals surface area contributed by atoms with Crippen molar-refractivity contribution in [1.82, 2.24) is 15.5 Å². The molecule has 2 rings (SSSR count). The number of rotatable bonds is 5. The molecule has 1 heterocycles. The summed E-state index contributed by atoms with van der Waals surface area (Å²) in [6.45, 7) is 4.27. The zero-order valence-corrected chi connectivity index (χ0v) is 11.9.